The third-order valence-electron chi connectivity index (χ3n) is 4.59. The molecule has 0 N–H and O–H groups in total. The molecule has 3 aromatic heterocycles. The Kier molecular flexibility index (Phi) is 5.27. The molecule has 0 bridgehead atoms. The average Bonchev–Trinajstić information content (AvgIpc) is 3.21. The number of ether oxygens (including phenoxy) is 1. The molecule has 0 unspecified atom stereocenters. The first-order valence-electron chi connectivity index (χ1n) is 9.71. The van der Waals surface area contributed by atoms with Crippen LogP contribution in [0.2, 0.25) is 0 Å². The van der Waals surface area contributed by atoms with Crippen LogP contribution in [0.15, 0.2) is 59.4 Å². The molecular weight excluding hydrogens is 378 g/mol. The van der Waals surface area contributed by atoms with Crippen LogP contribution in [0.25, 0.3) is 22.8 Å². The lowest BCUT2D eigenvalue weighted by Gasteiger charge is -2.18. The molecule has 0 aliphatic rings. The van der Waals surface area contributed by atoms with Gasteiger partial charge in [-0.05, 0) is 30.0 Å². The minimum Gasteiger partial charge on any atom is -0.467 e. The SMILES string of the molecule is Cc1cc(OCc2nc(-c3ccc(C(C)(C)C)cc3)no2)nc(-c2ccncc2)n1. The molecule has 0 atom stereocenters. The van der Waals surface area contributed by atoms with Gasteiger partial charge in [-0.2, -0.15) is 9.97 Å². The Morgan fingerprint density at radius 3 is 2.27 bits per heavy atom. The Morgan fingerprint density at radius 2 is 1.57 bits per heavy atom. The van der Waals surface area contributed by atoms with E-state index in [4.69, 9.17) is 9.26 Å². The molecule has 152 valence electrons. The maximum absolute atomic E-state index is 5.79. The summed E-state index contributed by atoms with van der Waals surface area (Å²) in [5.41, 5.74) is 3.92. The summed E-state index contributed by atoms with van der Waals surface area (Å²) in [5.74, 6) is 1.94. The van der Waals surface area contributed by atoms with Gasteiger partial charge in [0.1, 0.15) is 0 Å². The molecule has 0 saturated carbocycles. The van der Waals surface area contributed by atoms with Crippen LogP contribution in [0, 0.1) is 6.92 Å². The van der Waals surface area contributed by atoms with Gasteiger partial charge in [0, 0.05) is 35.3 Å². The summed E-state index contributed by atoms with van der Waals surface area (Å²) in [5, 5.41) is 4.07. The average molecular weight is 401 g/mol. The molecule has 1 aromatic carbocycles. The Balaban J connectivity index is 1.47. The van der Waals surface area contributed by atoms with Crippen LogP contribution in [-0.2, 0) is 12.0 Å². The quantitative estimate of drug-likeness (QED) is 0.476. The lowest BCUT2D eigenvalue weighted by Crippen LogP contribution is -2.10. The molecule has 7 heteroatoms. The van der Waals surface area contributed by atoms with Crippen molar-refractivity contribution in [2.75, 3.05) is 0 Å². The van der Waals surface area contributed by atoms with Crippen molar-refractivity contribution in [1.82, 2.24) is 25.1 Å². The highest BCUT2D eigenvalue weighted by atomic mass is 16.5. The summed E-state index contributed by atoms with van der Waals surface area (Å²) < 4.78 is 11.1. The van der Waals surface area contributed by atoms with Crippen LogP contribution in [0.1, 0.15) is 37.9 Å². The number of hydrogen-bond donors (Lipinski definition) is 0. The number of hydrogen-bond acceptors (Lipinski definition) is 7. The summed E-state index contributed by atoms with van der Waals surface area (Å²) in [6.45, 7) is 8.56. The molecule has 4 rings (SSSR count). The zero-order valence-electron chi connectivity index (χ0n) is 17.5. The Hall–Kier alpha value is -3.61. The van der Waals surface area contributed by atoms with Gasteiger partial charge in [0.25, 0.3) is 5.89 Å². The maximum Gasteiger partial charge on any atom is 0.264 e. The molecule has 0 aliphatic heterocycles. The van der Waals surface area contributed by atoms with Crippen LogP contribution >= 0.6 is 0 Å². The number of nitrogens with zero attached hydrogens (tertiary/aromatic N) is 5. The number of benzene rings is 1. The van der Waals surface area contributed by atoms with E-state index in [1.54, 1.807) is 18.5 Å². The summed E-state index contributed by atoms with van der Waals surface area (Å²) in [4.78, 5) is 17.4. The van der Waals surface area contributed by atoms with Gasteiger partial charge < -0.3 is 9.26 Å². The molecule has 4 aromatic rings. The number of aromatic nitrogens is 5. The van der Waals surface area contributed by atoms with Crippen LogP contribution < -0.4 is 4.74 Å². The fourth-order valence-corrected chi connectivity index (χ4v) is 2.93. The summed E-state index contributed by atoms with van der Waals surface area (Å²) in [6.07, 6.45) is 3.41. The largest absolute Gasteiger partial charge is 0.467 e. The molecule has 0 amide bonds. The zero-order chi connectivity index (χ0) is 21.1. The third-order valence-corrected chi connectivity index (χ3v) is 4.59. The van der Waals surface area contributed by atoms with Crippen molar-refractivity contribution in [3.63, 3.8) is 0 Å². The zero-order valence-corrected chi connectivity index (χ0v) is 17.5. The fourth-order valence-electron chi connectivity index (χ4n) is 2.93. The lowest BCUT2D eigenvalue weighted by molar-refractivity contribution is 0.235. The van der Waals surface area contributed by atoms with Crippen LogP contribution in [0.3, 0.4) is 0 Å². The summed E-state index contributed by atoms with van der Waals surface area (Å²) >= 11 is 0. The summed E-state index contributed by atoms with van der Waals surface area (Å²) in [7, 11) is 0. The number of aryl methyl sites for hydroxylation is 1. The van der Waals surface area contributed by atoms with Gasteiger partial charge in [-0.25, -0.2) is 4.98 Å². The first-order chi connectivity index (χ1) is 14.4. The van der Waals surface area contributed by atoms with Crippen molar-refractivity contribution in [2.24, 2.45) is 0 Å². The van der Waals surface area contributed by atoms with E-state index in [-0.39, 0.29) is 12.0 Å². The minimum absolute atomic E-state index is 0.0968. The van der Waals surface area contributed by atoms with E-state index in [0.717, 1.165) is 16.8 Å². The van der Waals surface area contributed by atoms with E-state index < -0.39 is 0 Å². The van der Waals surface area contributed by atoms with E-state index >= 15 is 0 Å². The van der Waals surface area contributed by atoms with Crippen LogP contribution in [0.5, 0.6) is 5.88 Å². The molecule has 0 saturated heterocycles. The third kappa shape index (κ3) is 4.51. The van der Waals surface area contributed by atoms with E-state index in [1.165, 1.54) is 5.56 Å². The highest BCUT2D eigenvalue weighted by molar-refractivity contribution is 5.55. The molecule has 7 nitrogen and oxygen atoms in total. The van der Waals surface area contributed by atoms with Crippen molar-refractivity contribution in [1.29, 1.82) is 0 Å². The predicted octanol–water partition coefficient (Wildman–Crippen LogP) is 4.77. The van der Waals surface area contributed by atoms with E-state index in [0.29, 0.717) is 23.4 Å². The molecule has 0 spiro atoms. The molecular formula is C23H23N5O2. The second-order valence-corrected chi connectivity index (χ2v) is 8.03. The van der Waals surface area contributed by atoms with Gasteiger partial charge in [-0.1, -0.05) is 50.2 Å². The van der Waals surface area contributed by atoms with Crippen molar-refractivity contribution in [3.05, 3.63) is 72.0 Å². The first kappa shape index (κ1) is 19.7. The standard InChI is InChI=1S/C23H23N5O2/c1-15-13-19(26-21(25-15)17-9-11-24-12-10-17)29-14-20-27-22(28-30-20)16-5-7-18(8-6-16)23(2,3)4/h5-13H,14H2,1-4H3. The van der Waals surface area contributed by atoms with Crippen LogP contribution in [-0.4, -0.2) is 25.1 Å². The van der Waals surface area contributed by atoms with E-state index in [2.05, 4.69) is 58.0 Å². The first-order valence-corrected chi connectivity index (χ1v) is 9.71. The lowest BCUT2D eigenvalue weighted by atomic mass is 9.87. The second kappa shape index (κ2) is 8.02. The number of rotatable bonds is 5. The van der Waals surface area contributed by atoms with Crippen molar-refractivity contribution >= 4 is 0 Å². The van der Waals surface area contributed by atoms with Crippen molar-refractivity contribution in [2.45, 2.75) is 39.7 Å². The van der Waals surface area contributed by atoms with Gasteiger partial charge in [0.15, 0.2) is 12.4 Å². The van der Waals surface area contributed by atoms with Crippen molar-refractivity contribution < 1.29 is 9.26 Å². The van der Waals surface area contributed by atoms with Gasteiger partial charge in [0.05, 0.1) is 0 Å². The topological polar surface area (TPSA) is 86.8 Å². The molecule has 3 heterocycles. The molecule has 30 heavy (non-hydrogen) atoms. The normalized spacial score (nSPS) is 11.5. The molecule has 0 radical (unpaired) electrons. The van der Waals surface area contributed by atoms with E-state index in [9.17, 15) is 0 Å². The Morgan fingerprint density at radius 1 is 0.867 bits per heavy atom. The maximum atomic E-state index is 5.79. The molecule has 0 fully saturated rings. The van der Waals surface area contributed by atoms with Gasteiger partial charge >= 0.3 is 0 Å². The monoisotopic (exact) mass is 401 g/mol. The van der Waals surface area contributed by atoms with Crippen LogP contribution in [0.4, 0.5) is 0 Å². The smallest absolute Gasteiger partial charge is 0.264 e. The molecule has 0 aliphatic carbocycles. The Bertz CT molecular complexity index is 1130. The van der Waals surface area contributed by atoms with Gasteiger partial charge in [-0.3, -0.25) is 4.98 Å². The van der Waals surface area contributed by atoms with E-state index in [1.807, 2.05) is 31.2 Å². The second-order valence-electron chi connectivity index (χ2n) is 8.03. The highest BCUT2D eigenvalue weighted by Crippen LogP contribution is 2.25. The fraction of sp³-hybridized carbons (Fsp3) is 0.261. The number of pyridine rings is 1. The van der Waals surface area contributed by atoms with Gasteiger partial charge in [0.2, 0.25) is 11.7 Å². The minimum atomic E-state index is 0.0968. The van der Waals surface area contributed by atoms with Crippen molar-refractivity contribution in [3.8, 4) is 28.7 Å². The highest BCUT2D eigenvalue weighted by Gasteiger charge is 2.15. The summed E-state index contributed by atoms with van der Waals surface area (Å²) in [6, 6.07) is 13.7. The predicted molar refractivity (Wildman–Crippen MR) is 113 cm³/mol. The van der Waals surface area contributed by atoms with Gasteiger partial charge in [-0.15, -0.1) is 0 Å². The Labute approximate surface area is 175 Å².